The molecule has 31 heteroatoms. The summed E-state index contributed by atoms with van der Waals surface area (Å²) in [4.78, 5) is 152. The highest BCUT2D eigenvalue weighted by Crippen LogP contribution is 2.53. The molecule has 0 radical (unpaired) electrons. The molecule has 2 unspecified atom stereocenters. The smallest absolute Gasteiger partial charge is 0.409 e. The van der Waals surface area contributed by atoms with Crippen molar-refractivity contribution in [3.63, 3.8) is 0 Å². The van der Waals surface area contributed by atoms with Gasteiger partial charge in [-0.25, -0.2) is 14.4 Å². The largest absolute Gasteiger partial charge is 0.507 e. The first-order chi connectivity index (χ1) is 48.6. The van der Waals surface area contributed by atoms with E-state index in [4.69, 9.17) is 43.6 Å². The number of anilines is 2. The molecule has 4 saturated heterocycles. The third kappa shape index (κ3) is 16.3. The first-order valence-corrected chi connectivity index (χ1v) is 33.8. The number of aliphatic hydroxyl groups is 1. The lowest BCUT2D eigenvalue weighted by molar-refractivity contribution is -0.256. The van der Waals surface area contributed by atoms with Crippen molar-refractivity contribution in [2.45, 2.75) is 153 Å². The van der Waals surface area contributed by atoms with E-state index in [2.05, 4.69) is 26.2 Å². The molecule has 0 spiro atoms. The Bertz CT molecular complexity index is 3890. The maximum Gasteiger partial charge on any atom is 0.409 e. The van der Waals surface area contributed by atoms with Crippen molar-refractivity contribution < 1.29 is 106 Å². The number of amides is 9. The number of rotatable bonds is 27. The van der Waals surface area contributed by atoms with Crippen LogP contribution in [-0.2, 0) is 81.4 Å². The molecule has 0 aromatic heterocycles. The van der Waals surface area contributed by atoms with Crippen LogP contribution in [0.3, 0.4) is 0 Å². The van der Waals surface area contributed by atoms with Gasteiger partial charge in [0.2, 0.25) is 41.1 Å². The lowest BCUT2D eigenvalue weighted by atomic mass is 9.72. The quantitative estimate of drug-likeness (QED) is 0.0209. The number of primary amides is 1. The van der Waals surface area contributed by atoms with E-state index in [0.29, 0.717) is 42.9 Å². The van der Waals surface area contributed by atoms with Crippen LogP contribution in [0.15, 0.2) is 66.7 Å². The number of phenols is 2. The summed E-state index contributed by atoms with van der Waals surface area (Å²) in [7, 11) is 5.58. The summed E-state index contributed by atoms with van der Waals surface area (Å²) in [5.74, 6) is -7.06. The number of methoxy groups -OCH3 is 2. The van der Waals surface area contributed by atoms with Gasteiger partial charge in [-0.1, -0.05) is 57.2 Å². The number of carbonyl (C=O) groups excluding carboxylic acids is 11. The third-order valence-corrected chi connectivity index (χ3v) is 19.3. The number of ketones is 3. The van der Waals surface area contributed by atoms with Crippen molar-refractivity contribution in [2.24, 2.45) is 17.6 Å². The predicted octanol–water partition coefficient (Wildman–Crippen LogP) is 3.99. The van der Waals surface area contributed by atoms with E-state index in [-0.39, 0.29) is 116 Å². The van der Waals surface area contributed by atoms with Crippen molar-refractivity contribution in [3.05, 3.63) is 111 Å². The number of Topliss-reactive ketones (excluding diaryl/α,β-unsaturated/α-hetero) is 1. The van der Waals surface area contributed by atoms with Gasteiger partial charge in [0, 0.05) is 114 Å². The van der Waals surface area contributed by atoms with Gasteiger partial charge in [0.25, 0.3) is 0 Å². The molecular weight excluding hydrogens is 1330 g/mol. The number of likely N-dealkylation sites (N-methyl/N-ethyl adjacent to an activating group) is 2. The van der Waals surface area contributed by atoms with Crippen LogP contribution in [-0.4, -0.2) is 218 Å². The number of carbonyl (C=O) groups is 11. The number of hydrogen-bond acceptors (Lipinski definition) is 23. The Balaban J connectivity index is 0.711. The van der Waals surface area contributed by atoms with Crippen LogP contribution in [0.5, 0.6) is 17.2 Å². The molecule has 0 saturated carbocycles. The number of phenolic OH excluding ortho intramolecular Hbond substituents is 2. The number of benzene rings is 4. The number of morpholine rings is 1. The van der Waals surface area contributed by atoms with E-state index in [1.165, 1.54) is 56.3 Å². The first kappa shape index (κ1) is 75.0. The number of nitrogens with zero attached hydrogens (tertiary/aromatic N) is 4. The van der Waals surface area contributed by atoms with Gasteiger partial charge < -0.3 is 90.0 Å². The van der Waals surface area contributed by atoms with Gasteiger partial charge >= 0.3 is 18.2 Å². The maximum absolute atomic E-state index is 14.4. The molecule has 9 amide bonds. The van der Waals surface area contributed by atoms with Crippen molar-refractivity contribution in [1.82, 2.24) is 30.7 Å². The summed E-state index contributed by atoms with van der Waals surface area (Å²) in [5, 5.41) is 47.5. The molecule has 102 heavy (non-hydrogen) atoms. The van der Waals surface area contributed by atoms with Crippen LogP contribution in [0.25, 0.3) is 0 Å². The van der Waals surface area contributed by atoms with Crippen LogP contribution in [0.1, 0.15) is 133 Å². The van der Waals surface area contributed by atoms with Crippen LogP contribution < -0.4 is 36.6 Å². The second-order valence-electron chi connectivity index (χ2n) is 26.7. The minimum atomic E-state index is -2.49. The maximum atomic E-state index is 14.4. The Morgan fingerprint density at radius 1 is 0.814 bits per heavy atom. The van der Waals surface area contributed by atoms with Crippen molar-refractivity contribution >= 4 is 76.5 Å². The Labute approximate surface area is 587 Å². The molecule has 6 aliphatic rings. The number of hydrogen-bond donors (Lipinski definition) is 8. The fourth-order valence-corrected chi connectivity index (χ4v) is 13.7. The van der Waals surface area contributed by atoms with Crippen molar-refractivity contribution in [2.75, 3.05) is 77.9 Å². The Morgan fingerprint density at radius 2 is 1.50 bits per heavy atom. The molecule has 0 bridgehead atoms. The minimum absolute atomic E-state index is 0.0440. The van der Waals surface area contributed by atoms with Gasteiger partial charge in [-0.2, -0.15) is 0 Å². The van der Waals surface area contributed by atoms with E-state index < -0.39 is 150 Å². The predicted molar refractivity (Wildman–Crippen MR) is 360 cm³/mol. The highest BCUT2D eigenvalue weighted by Gasteiger charge is 2.56. The standard InChI is InChI=1S/C71H87N9O22/c1-36(2)57(76-50(82)16-9-12-39-19-23-42(24-20-39)80-51(83)30-37(3)65(80)90)64(89)75-45(14-11-25-73-68(72)91)63(88)74-41-21-17-40(18-22-41)34-98-69(92)77(5)26-27-78(6)70(93)99-35-49(81)71(94)32-44-54(61(87)56-55(59(44)85)58(84)43-13-10-15-47(95-7)53(43)60(56)86)48(33-71)101-52-31-46-62(38(4)100-52)102-66-67(96-8)97-29-28-79(46)66/h10,13,15,17-24,36-38,45-46,48,52,57,62,66-67,85,87,94H,9,11-12,14,16,25-35H2,1-8H3,(H,74,88)(H,75,89)(H,76,82)(H3,72,73,91)/t37?,38-,45-,46-,48-,52?,57-,62+,66+,67-,71-/m0/s1. The molecule has 31 nitrogen and oxygen atoms in total. The molecule has 11 atom stereocenters. The van der Waals surface area contributed by atoms with E-state index >= 15 is 0 Å². The molecule has 10 rings (SSSR count). The van der Waals surface area contributed by atoms with Gasteiger partial charge in [0.1, 0.15) is 47.6 Å². The Kier molecular flexibility index (Phi) is 23.6. The molecular formula is C71H87N9O22. The number of ether oxygens (including phenoxy) is 8. The lowest BCUT2D eigenvalue weighted by Crippen LogP contribution is -2.55. The molecule has 4 heterocycles. The second-order valence-corrected chi connectivity index (χ2v) is 26.7. The molecule has 9 N–H and O–H groups in total. The van der Waals surface area contributed by atoms with Gasteiger partial charge in [-0.15, -0.1) is 0 Å². The van der Waals surface area contributed by atoms with E-state index in [9.17, 15) is 68.1 Å². The average Bonchev–Trinajstić information content (AvgIpc) is 0.995. The van der Waals surface area contributed by atoms with Crippen molar-refractivity contribution in [3.8, 4) is 17.2 Å². The number of nitrogens with one attached hydrogen (secondary N) is 4. The monoisotopic (exact) mass is 1420 g/mol. The lowest BCUT2D eigenvalue weighted by Gasteiger charge is -2.43. The van der Waals surface area contributed by atoms with E-state index in [0.717, 1.165) is 10.5 Å². The van der Waals surface area contributed by atoms with Gasteiger partial charge in [-0.05, 0) is 80.0 Å². The Morgan fingerprint density at radius 3 is 2.16 bits per heavy atom. The minimum Gasteiger partial charge on any atom is -0.507 e. The SMILES string of the molecule is COc1cccc2c1C(=O)c1c(O)c3c(c(O)c1C2=O)C[C@@](O)(C(=O)COC(=O)N(C)CCN(C)C(=O)OCc1ccc(NC(=O)[C@H](CCCNC(N)=O)NC(=O)[C@@H](NC(=O)CCCc2ccc(N4C(=O)CC(C)C4=O)cc2)C(C)C)cc1)C[C@@H]3OC1C[C@H]2[C@H](O[C@@H]3[C@@H](OC)OCCN32)[C@H](C)O1. The van der Waals surface area contributed by atoms with E-state index in [1.54, 1.807) is 76.2 Å². The first-order valence-electron chi connectivity index (χ1n) is 33.8. The summed E-state index contributed by atoms with van der Waals surface area (Å²) in [5.41, 5.74) is 3.16. The molecule has 548 valence electrons. The zero-order valence-electron chi connectivity index (χ0n) is 58.0. The van der Waals surface area contributed by atoms with Crippen LogP contribution >= 0.6 is 0 Å². The Hall–Kier alpha value is -9.63. The third-order valence-electron chi connectivity index (χ3n) is 19.3. The zero-order valence-corrected chi connectivity index (χ0v) is 58.0. The number of nitrogens with two attached hydrogens (primary N) is 1. The number of aryl methyl sites for hydroxylation is 1. The highest BCUT2D eigenvalue weighted by atomic mass is 16.7. The molecule has 4 aliphatic heterocycles. The number of fused-ring (bicyclic) bond motifs is 6. The zero-order chi connectivity index (χ0) is 73.6. The summed E-state index contributed by atoms with van der Waals surface area (Å²) in [6.45, 7) is 6.47. The van der Waals surface area contributed by atoms with Crippen molar-refractivity contribution in [1.29, 1.82) is 0 Å². The molecule has 4 fully saturated rings. The van der Waals surface area contributed by atoms with Gasteiger partial charge in [-0.3, -0.25) is 48.2 Å². The summed E-state index contributed by atoms with van der Waals surface area (Å²) in [6, 6.07) is 14.4. The average molecular weight is 1420 g/mol. The van der Waals surface area contributed by atoms with Crippen LogP contribution in [0, 0.1) is 11.8 Å². The fraction of sp³-hybridized carbons (Fsp3) is 0.507. The normalized spacial score (nSPS) is 23.3. The molecule has 4 aromatic carbocycles. The van der Waals surface area contributed by atoms with Crippen LogP contribution in [0.4, 0.5) is 25.8 Å². The summed E-state index contributed by atoms with van der Waals surface area (Å²) >= 11 is 0. The van der Waals surface area contributed by atoms with Crippen LogP contribution in [0.2, 0.25) is 0 Å². The van der Waals surface area contributed by atoms with Gasteiger partial charge in [0.15, 0.2) is 31.2 Å². The topological polar surface area (TPSA) is 409 Å². The fourth-order valence-electron chi connectivity index (χ4n) is 13.7. The molecule has 4 aromatic rings. The number of aromatic hydroxyl groups is 2. The summed E-state index contributed by atoms with van der Waals surface area (Å²) in [6.07, 6.45) is -6.36. The van der Waals surface area contributed by atoms with Gasteiger partial charge in [0.05, 0.1) is 48.3 Å². The highest BCUT2D eigenvalue weighted by molar-refractivity contribution is 6.31. The number of urea groups is 1. The second kappa shape index (κ2) is 32.1. The number of imide groups is 1. The van der Waals surface area contributed by atoms with E-state index in [1.807, 2.05) is 0 Å². The summed E-state index contributed by atoms with van der Waals surface area (Å²) < 4.78 is 47.0. The molecule has 2 aliphatic carbocycles.